The zero-order valence-corrected chi connectivity index (χ0v) is 14.8. The molecule has 0 aromatic carbocycles. The standard InChI is InChI=1S/C17H32N2O2/c1-8-10-16(7)19(9-2)13(20)17(21-16)11-14(3,4)18-15(5,6)12-17/h18H,8-12H2,1-7H3. The highest BCUT2D eigenvalue weighted by atomic mass is 16.6. The first-order chi connectivity index (χ1) is 9.49. The minimum Gasteiger partial charge on any atom is -0.339 e. The molecule has 2 rings (SSSR count). The van der Waals surface area contributed by atoms with Crippen LogP contribution in [0, 0.1) is 0 Å². The van der Waals surface area contributed by atoms with E-state index in [1.54, 1.807) is 0 Å². The van der Waals surface area contributed by atoms with Gasteiger partial charge in [-0.15, -0.1) is 0 Å². The van der Waals surface area contributed by atoms with E-state index in [0.29, 0.717) is 6.54 Å². The van der Waals surface area contributed by atoms with Gasteiger partial charge in [-0.25, -0.2) is 0 Å². The van der Waals surface area contributed by atoms with Crippen LogP contribution in [0.3, 0.4) is 0 Å². The molecule has 0 aromatic rings. The molecule has 0 radical (unpaired) electrons. The van der Waals surface area contributed by atoms with E-state index in [9.17, 15) is 4.79 Å². The lowest BCUT2D eigenvalue weighted by atomic mass is 9.72. The normalized spacial score (nSPS) is 33.7. The summed E-state index contributed by atoms with van der Waals surface area (Å²) in [6, 6.07) is 0. The first-order valence-electron chi connectivity index (χ1n) is 8.31. The van der Waals surface area contributed by atoms with Crippen molar-refractivity contribution in [2.45, 2.75) is 96.6 Å². The van der Waals surface area contributed by atoms with E-state index in [-0.39, 0.29) is 17.0 Å². The Hall–Kier alpha value is -0.610. The summed E-state index contributed by atoms with van der Waals surface area (Å²) in [5.74, 6) is 0.184. The van der Waals surface area contributed by atoms with Crippen molar-refractivity contribution in [1.82, 2.24) is 10.2 Å². The topological polar surface area (TPSA) is 41.6 Å². The Morgan fingerprint density at radius 2 is 1.62 bits per heavy atom. The van der Waals surface area contributed by atoms with E-state index in [0.717, 1.165) is 25.7 Å². The monoisotopic (exact) mass is 296 g/mol. The van der Waals surface area contributed by atoms with Gasteiger partial charge in [0.05, 0.1) is 0 Å². The highest BCUT2D eigenvalue weighted by Crippen LogP contribution is 2.48. The molecule has 0 aliphatic carbocycles. The van der Waals surface area contributed by atoms with Crippen molar-refractivity contribution in [3.8, 4) is 0 Å². The molecule has 1 N–H and O–H groups in total. The summed E-state index contributed by atoms with van der Waals surface area (Å²) in [6.45, 7) is 15.6. The lowest BCUT2D eigenvalue weighted by Crippen LogP contribution is -2.65. The number of carbonyl (C=O) groups excluding carboxylic acids is 1. The third kappa shape index (κ3) is 2.85. The maximum atomic E-state index is 13.2. The lowest BCUT2D eigenvalue weighted by molar-refractivity contribution is -0.164. The summed E-state index contributed by atoms with van der Waals surface area (Å²) in [6.07, 6.45) is 3.38. The number of carbonyl (C=O) groups is 1. The highest BCUT2D eigenvalue weighted by Gasteiger charge is 2.62. The third-order valence-corrected chi connectivity index (χ3v) is 4.78. The van der Waals surface area contributed by atoms with Crippen LogP contribution in [0.15, 0.2) is 0 Å². The fraction of sp³-hybridized carbons (Fsp3) is 0.941. The molecule has 0 bridgehead atoms. The van der Waals surface area contributed by atoms with E-state index in [4.69, 9.17) is 4.74 Å². The lowest BCUT2D eigenvalue weighted by Gasteiger charge is -2.50. The Balaban J connectivity index is 2.41. The average molecular weight is 296 g/mol. The molecule has 2 saturated heterocycles. The Morgan fingerprint density at radius 3 is 2.05 bits per heavy atom. The van der Waals surface area contributed by atoms with Crippen LogP contribution in [0.25, 0.3) is 0 Å². The van der Waals surface area contributed by atoms with Crippen LogP contribution in [0.2, 0.25) is 0 Å². The number of nitrogens with zero attached hydrogens (tertiary/aromatic N) is 1. The molecular formula is C17H32N2O2. The van der Waals surface area contributed by atoms with Gasteiger partial charge in [0.1, 0.15) is 5.72 Å². The molecular weight excluding hydrogens is 264 g/mol. The summed E-state index contributed by atoms with van der Waals surface area (Å²) in [7, 11) is 0. The number of ether oxygens (including phenoxy) is 1. The number of hydrogen-bond acceptors (Lipinski definition) is 3. The Bertz CT molecular complexity index is 415. The summed E-state index contributed by atoms with van der Waals surface area (Å²) in [4.78, 5) is 15.1. The van der Waals surface area contributed by atoms with Crippen molar-refractivity contribution in [2.75, 3.05) is 6.54 Å². The van der Waals surface area contributed by atoms with Gasteiger partial charge in [0.15, 0.2) is 5.60 Å². The molecule has 4 heteroatoms. The molecule has 1 unspecified atom stereocenters. The number of piperidine rings is 1. The predicted octanol–water partition coefficient (Wildman–Crippen LogP) is 3.06. The van der Waals surface area contributed by atoms with Crippen LogP contribution in [-0.4, -0.2) is 39.8 Å². The number of hydrogen-bond donors (Lipinski definition) is 1. The SMILES string of the molecule is CCCC1(C)OC2(CC(C)(C)NC(C)(C)C2)C(=O)N1CC. The fourth-order valence-electron chi connectivity index (χ4n) is 4.83. The van der Waals surface area contributed by atoms with E-state index >= 15 is 0 Å². The largest absolute Gasteiger partial charge is 0.339 e. The molecule has 1 spiro atoms. The maximum absolute atomic E-state index is 13.2. The van der Waals surface area contributed by atoms with Gasteiger partial charge in [0, 0.05) is 30.5 Å². The molecule has 2 aliphatic rings. The summed E-state index contributed by atoms with van der Waals surface area (Å²) in [5, 5.41) is 3.65. The minimum absolute atomic E-state index is 0.103. The molecule has 2 heterocycles. The second-order valence-electron chi connectivity index (χ2n) is 8.32. The van der Waals surface area contributed by atoms with Crippen LogP contribution in [0.4, 0.5) is 0 Å². The molecule has 4 nitrogen and oxygen atoms in total. The van der Waals surface area contributed by atoms with Gasteiger partial charge >= 0.3 is 0 Å². The summed E-state index contributed by atoms with van der Waals surface area (Å²) >= 11 is 0. The van der Waals surface area contributed by atoms with E-state index in [2.05, 4.69) is 46.9 Å². The Kier molecular flexibility index (Phi) is 3.95. The van der Waals surface area contributed by atoms with Crippen LogP contribution >= 0.6 is 0 Å². The smallest absolute Gasteiger partial charge is 0.257 e. The van der Waals surface area contributed by atoms with E-state index < -0.39 is 11.3 Å². The molecule has 21 heavy (non-hydrogen) atoms. The summed E-state index contributed by atoms with van der Waals surface area (Å²) in [5.41, 5.74) is -1.33. The van der Waals surface area contributed by atoms with Gasteiger partial charge in [0.2, 0.25) is 0 Å². The van der Waals surface area contributed by atoms with E-state index in [1.165, 1.54) is 0 Å². The fourth-order valence-corrected chi connectivity index (χ4v) is 4.83. The number of nitrogens with one attached hydrogen (secondary N) is 1. The number of likely N-dealkylation sites (N-methyl/N-ethyl adjacent to an activating group) is 1. The van der Waals surface area contributed by atoms with Crippen molar-refractivity contribution in [3.05, 3.63) is 0 Å². The van der Waals surface area contributed by atoms with Crippen molar-refractivity contribution in [3.63, 3.8) is 0 Å². The van der Waals surface area contributed by atoms with Gasteiger partial charge in [-0.3, -0.25) is 4.79 Å². The van der Waals surface area contributed by atoms with Gasteiger partial charge in [-0.2, -0.15) is 0 Å². The molecule has 0 aromatic heterocycles. The van der Waals surface area contributed by atoms with Gasteiger partial charge < -0.3 is 15.0 Å². The first kappa shape index (κ1) is 16.8. The predicted molar refractivity (Wildman–Crippen MR) is 85.0 cm³/mol. The summed E-state index contributed by atoms with van der Waals surface area (Å²) < 4.78 is 6.54. The van der Waals surface area contributed by atoms with Crippen LogP contribution in [0.5, 0.6) is 0 Å². The Morgan fingerprint density at radius 1 is 1.10 bits per heavy atom. The second kappa shape index (κ2) is 4.95. The van der Waals surface area contributed by atoms with E-state index in [1.807, 2.05) is 11.8 Å². The molecule has 0 saturated carbocycles. The molecule has 122 valence electrons. The van der Waals surface area contributed by atoms with Gasteiger partial charge in [-0.05, 0) is 48.0 Å². The Labute approximate surface area is 129 Å². The minimum atomic E-state index is -0.668. The zero-order valence-electron chi connectivity index (χ0n) is 14.8. The van der Waals surface area contributed by atoms with Crippen LogP contribution in [-0.2, 0) is 9.53 Å². The third-order valence-electron chi connectivity index (χ3n) is 4.78. The molecule has 1 amide bonds. The first-order valence-corrected chi connectivity index (χ1v) is 8.31. The molecule has 2 fully saturated rings. The number of amides is 1. The highest BCUT2D eigenvalue weighted by molar-refractivity contribution is 5.88. The van der Waals surface area contributed by atoms with Crippen molar-refractivity contribution in [1.29, 1.82) is 0 Å². The van der Waals surface area contributed by atoms with Crippen LogP contribution in [0.1, 0.15) is 74.1 Å². The second-order valence-corrected chi connectivity index (χ2v) is 8.32. The van der Waals surface area contributed by atoms with Gasteiger partial charge in [0.25, 0.3) is 5.91 Å². The van der Waals surface area contributed by atoms with Crippen molar-refractivity contribution in [2.24, 2.45) is 0 Å². The van der Waals surface area contributed by atoms with Crippen LogP contribution < -0.4 is 5.32 Å². The quantitative estimate of drug-likeness (QED) is 0.870. The molecule has 2 aliphatic heterocycles. The maximum Gasteiger partial charge on any atom is 0.257 e. The van der Waals surface area contributed by atoms with Crippen molar-refractivity contribution >= 4 is 5.91 Å². The number of rotatable bonds is 3. The zero-order chi connectivity index (χ0) is 16.1. The van der Waals surface area contributed by atoms with Gasteiger partial charge in [-0.1, -0.05) is 13.3 Å². The average Bonchev–Trinajstić information content (AvgIpc) is 2.42. The molecule has 1 atom stereocenters. The van der Waals surface area contributed by atoms with Crippen molar-refractivity contribution < 1.29 is 9.53 Å².